The maximum absolute atomic E-state index is 5.76. The van der Waals surface area contributed by atoms with Crippen LogP contribution in [0, 0.1) is 13.8 Å². The molecule has 0 spiro atoms. The molecule has 1 aromatic rings. The number of nitrogens with one attached hydrogen (secondary N) is 1. The maximum Gasteiger partial charge on any atom is 0.188 e. The molecule has 0 aromatic heterocycles. The topological polar surface area (TPSA) is 50.4 Å². The van der Waals surface area contributed by atoms with Crippen LogP contribution < -0.4 is 11.1 Å². The second kappa shape index (κ2) is 6.84. The third-order valence-electron chi connectivity index (χ3n) is 2.84. The van der Waals surface area contributed by atoms with E-state index in [1.165, 1.54) is 16.7 Å². The number of nitrogens with two attached hydrogens (primary N) is 1. The number of aliphatic imine (C=N–C) groups is 1. The Labute approximate surface area is 110 Å². The highest BCUT2D eigenvalue weighted by atomic mass is 15.1. The molecule has 3 heteroatoms. The average Bonchev–Trinajstić information content (AvgIpc) is 2.30. The highest BCUT2D eigenvalue weighted by Crippen LogP contribution is 2.13. The minimum absolute atomic E-state index is 0.490. The van der Waals surface area contributed by atoms with Gasteiger partial charge in [-0.3, -0.25) is 0 Å². The first-order chi connectivity index (χ1) is 8.50. The summed E-state index contributed by atoms with van der Waals surface area (Å²) < 4.78 is 0. The van der Waals surface area contributed by atoms with Gasteiger partial charge in [0.2, 0.25) is 0 Å². The molecule has 0 aliphatic heterocycles. The monoisotopic (exact) mass is 245 g/mol. The average molecular weight is 245 g/mol. The molecule has 3 nitrogen and oxygen atoms in total. The number of hydrogen-bond acceptors (Lipinski definition) is 1. The van der Waals surface area contributed by atoms with Crippen LogP contribution in [0.4, 0.5) is 0 Å². The first-order valence-corrected chi connectivity index (χ1v) is 6.24. The smallest absolute Gasteiger partial charge is 0.188 e. The second-order valence-corrected chi connectivity index (χ2v) is 4.71. The zero-order valence-corrected chi connectivity index (χ0v) is 11.6. The van der Waals surface area contributed by atoms with Crippen LogP contribution in [-0.2, 0) is 6.42 Å². The van der Waals surface area contributed by atoms with Crippen molar-refractivity contribution >= 4 is 5.96 Å². The van der Waals surface area contributed by atoms with E-state index in [-0.39, 0.29) is 0 Å². The lowest BCUT2D eigenvalue weighted by atomic mass is 10.0. The van der Waals surface area contributed by atoms with Crippen LogP contribution in [0.3, 0.4) is 0 Å². The van der Waals surface area contributed by atoms with Gasteiger partial charge in [-0.1, -0.05) is 30.4 Å². The standard InChI is InChI=1S/C15H23N3/c1-11(2)10-18-15(16)17-9-8-14-12(3)6-5-7-13(14)4/h5-7H,1,8-10H2,2-4H3,(H3,16,17,18). The number of guanidine groups is 1. The molecule has 18 heavy (non-hydrogen) atoms. The molecule has 0 heterocycles. The van der Waals surface area contributed by atoms with Crippen molar-refractivity contribution in [1.82, 2.24) is 5.32 Å². The van der Waals surface area contributed by atoms with Crippen molar-refractivity contribution in [1.29, 1.82) is 0 Å². The number of nitrogens with zero attached hydrogens (tertiary/aromatic N) is 1. The van der Waals surface area contributed by atoms with Gasteiger partial charge in [-0.25, -0.2) is 4.99 Å². The van der Waals surface area contributed by atoms with Crippen LogP contribution in [0.25, 0.3) is 0 Å². The van der Waals surface area contributed by atoms with Crippen molar-refractivity contribution < 1.29 is 0 Å². The fraction of sp³-hybridized carbons (Fsp3) is 0.400. The molecule has 0 radical (unpaired) electrons. The van der Waals surface area contributed by atoms with E-state index in [0.29, 0.717) is 12.5 Å². The number of hydrogen-bond donors (Lipinski definition) is 2. The normalized spacial score (nSPS) is 11.4. The van der Waals surface area contributed by atoms with Crippen LogP contribution in [0.2, 0.25) is 0 Å². The van der Waals surface area contributed by atoms with Gasteiger partial charge in [0.15, 0.2) is 5.96 Å². The molecule has 0 atom stereocenters. The number of rotatable bonds is 5. The Kier molecular flexibility index (Phi) is 5.43. The van der Waals surface area contributed by atoms with Gasteiger partial charge in [0, 0.05) is 6.54 Å². The van der Waals surface area contributed by atoms with E-state index in [4.69, 9.17) is 5.73 Å². The Bertz CT molecular complexity index is 427. The third-order valence-corrected chi connectivity index (χ3v) is 2.84. The Balaban J connectivity index is 2.47. The van der Waals surface area contributed by atoms with Crippen LogP contribution in [0.5, 0.6) is 0 Å². The summed E-state index contributed by atoms with van der Waals surface area (Å²) in [4.78, 5) is 4.18. The van der Waals surface area contributed by atoms with Crippen LogP contribution >= 0.6 is 0 Å². The quantitative estimate of drug-likeness (QED) is 0.475. The first-order valence-electron chi connectivity index (χ1n) is 6.24. The Morgan fingerprint density at radius 2 is 1.94 bits per heavy atom. The molecule has 3 N–H and O–H groups in total. The number of benzene rings is 1. The Morgan fingerprint density at radius 1 is 1.33 bits per heavy atom. The zero-order valence-electron chi connectivity index (χ0n) is 11.6. The molecular formula is C15H23N3. The summed E-state index contributed by atoms with van der Waals surface area (Å²) in [5.74, 6) is 0.490. The van der Waals surface area contributed by atoms with Gasteiger partial charge in [-0.05, 0) is 43.9 Å². The predicted molar refractivity (Wildman–Crippen MR) is 78.9 cm³/mol. The molecule has 0 amide bonds. The van der Waals surface area contributed by atoms with E-state index in [1.54, 1.807) is 0 Å². The minimum atomic E-state index is 0.490. The largest absolute Gasteiger partial charge is 0.370 e. The second-order valence-electron chi connectivity index (χ2n) is 4.71. The van der Waals surface area contributed by atoms with Crippen molar-refractivity contribution in [2.45, 2.75) is 27.2 Å². The summed E-state index contributed by atoms with van der Waals surface area (Å²) >= 11 is 0. The minimum Gasteiger partial charge on any atom is -0.370 e. The van der Waals surface area contributed by atoms with Gasteiger partial charge >= 0.3 is 0 Å². The first kappa shape index (κ1) is 14.3. The molecule has 0 fully saturated rings. The maximum atomic E-state index is 5.76. The lowest BCUT2D eigenvalue weighted by molar-refractivity contribution is 0.843. The molecule has 98 valence electrons. The zero-order chi connectivity index (χ0) is 13.5. The van der Waals surface area contributed by atoms with E-state index < -0.39 is 0 Å². The fourth-order valence-corrected chi connectivity index (χ4v) is 1.83. The van der Waals surface area contributed by atoms with Crippen LogP contribution in [-0.4, -0.2) is 19.0 Å². The van der Waals surface area contributed by atoms with E-state index in [9.17, 15) is 0 Å². The van der Waals surface area contributed by atoms with Crippen LogP contribution in [0.1, 0.15) is 23.6 Å². The Morgan fingerprint density at radius 3 is 2.50 bits per heavy atom. The lowest BCUT2D eigenvalue weighted by Gasteiger charge is -2.10. The molecule has 0 unspecified atom stereocenters. The summed E-state index contributed by atoms with van der Waals surface area (Å²) in [5, 5.41) is 3.13. The number of aryl methyl sites for hydroxylation is 2. The summed E-state index contributed by atoms with van der Waals surface area (Å²) in [7, 11) is 0. The summed E-state index contributed by atoms with van der Waals surface area (Å²) in [6.07, 6.45) is 0.960. The highest BCUT2D eigenvalue weighted by molar-refractivity contribution is 5.77. The molecule has 0 aliphatic carbocycles. The fourth-order valence-electron chi connectivity index (χ4n) is 1.83. The summed E-state index contributed by atoms with van der Waals surface area (Å²) in [5.41, 5.74) is 10.8. The Hall–Kier alpha value is -1.77. The van der Waals surface area contributed by atoms with E-state index in [2.05, 4.69) is 48.9 Å². The third kappa shape index (κ3) is 4.62. The molecular weight excluding hydrogens is 222 g/mol. The van der Waals surface area contributed by atoms with Crippen molar-refractivity contribution in [3.63, 3.8) is 0 Å². The van der Waals surface area contributed by atoms with Gasteiger partial charge in [-0.15, -0.1) is 0 Å². The molecule has 1 aromatic carbocycles. The van der Waals surface area contributed by atoms with Crippen molar-refractivity contribution in [3.05, 3.63) is 47.0 Å². The van der Waals surface area contributed by atoms with Crippen LogP contribution in [0.15, 0.2) is 35.3 Å². The molecule has 0 bridgehead atoms. The van der Waals surface area contributed by atoms with Gasteiger partial charge in [0.05, 0.1) is 6.54 Å². The molecule has 0 saturated heterocycles. The van der Waals surface area contributed by atoms with Crippen molar-refractivity contribution in [2.75, 3.05) is 13.1 Å². The van der Waals surface area contributed by atoms with E-state index in [1.807, 2.05) is 6.92 Å². The molecule has 1 rings (SSSR count). The highest BCUT2D eigenvalue weighted by Gasteiger charge is 2.01. The summed E-state index contributed by atoms with van der Waals surface area (Å²) in [6.45, 7) is 11.4. The predicted octanol–water partition coefficient (Wildman–Crippen LogP) is 2.33. The van der Waals surface area contributed by atoms with Gasteiger partial charge in [0.1, 0.15) is 0 Å². The van der Waals surface area contributed by atoms with Crippen molar-refractivity contribution in [3.8, 4) is 0 Å². The molecule has 0 aliphatic rings. The lowest BCUT2D eigenvalue weighted by Crippen LogP contribution is -2.33. The van der Waals surface area contributed by atoms with Crippen molar-refractivity contribution in [2.24, 2.45) is 10.7 Å². The van der Waals surface area contributed by atoms with Gasteiger partial charge < -0.3 is 11.1 Å². The van der Waals surface area contributed by atoms with E-state index in [0.717, 1.165) is 18.5 Å². The SMILES string of the molecule is C=C(C)CN=C(N)NCCc1c(C)cccc1C. The van der Waals surface area contributed by atoms with E-state index >= 15 is 0 Å². The molecule has 0 saturated carbocycles. The van der Waals surface area contributed by atoms with Gasteiger partial charge in [0.25, 0.3) is 0 Å². The summed E-state index contributed by atoms with van der Waals surface area (Å²) in [6, 6.07) is 6.37. The van der Waals surface area contributed by atoms with Gasteiger partial charge in [-0.2, -0.15) is 0 Å².